The van der Waals surface area contributed by atoms with Crippen LogP contribution in [0.2, 0.25) is 0 Å². The number of anilines is 1. The van der Waals surface area contributed by atoms with E-state index in [1.54, 1.807) is 12.1 Å². The van der Waals surface area contributed by atoms with E-state index in [0.29, 0.717) is 17.9 Å². The smallest absolute Gasteiger partial charge is 0.295 e. The Morgan fingerprint density at radius 1 is 1.07 bits per heavy atom. The lowest BCUT2D eigenvalue weighted by atomic mass is 10.2. The number of aromatic nitrogens is 1. The Balaban J connectivity index is 1.93. The van der Waals surface area contributed by atoms with Crippen LogP contribution < -0.4 is 9.80 Å². The second-order valence-electron chi connectivity index (χ2n) is 7.18. The molecule has 0 saturated carbocycles. The number of nitrogens with zero attached hydrogens (tertiary/aromatic N) is 4. The maximum absolute atomic E-state index is 12.5. The van der Waals surface area contributed by atoms with E-state index < -0.39 is 5.91 Å². The van der Waals surface area contributed by atoms with Gasteiger partial charge in [0.2, 0.25) is 5.88 Å². The Hall–Kier alpha value is -3.19. The highest BCUT2D eigenvalue weighted by Gasteiger charge is 2.19. The van der Waals surface area contributed by atoms with Crippen LogP contribution in [0.1, 0.15) is 24.2 Å². The number of fused-ring (bicyclic) bond motifs is 1. The molecule has 0 unspecified atom stereocenters. The van der Waals surface area contributed by atoms with Gasteiger partial charge in [0.1, 0.15) is 0 Å². The van der Waals surface area contributed by atoms with Crippen LogP contribution in [0.25, 0.3) is 10.9 Å². The van der Waals surface area contributed by atoms with Crippen LogP contribution in [0.3, 0.4) is 0 Å². The van der Waals surface area contributed by atoms with E-state index in [0.717, 1.165) is 29.7 Å². The Morgan fingerprint density at radius 2 is 1.72 bits per heavy atom. The molecule has 0 aliphatic rings. The van der Waals surface area contributed by atoms with E-state index in [2.05, 4.69) is 24.1 Å². The molecule has 1 heterocycles. The van der Waals surface area contributed by atoms with Gasteiger partial charge in [0, 0.05) is 30.7 Å². The van der Waals surface area contributed by atoms with Crippen LogP contribution in [0.15, 0.2) is 58.8 Å². The van der Waals surface area contributed by atoms with Crippen molar-refractivity contribution < 1.29 is 14.8 Å². The maximum Gasteiger partial charge on any atom is 0.295 e. The third kappa shape index (κ3) is 4.30. The van der Waals surface area contributed by atoms with Crippen LogP contribution in [0, 0.1) is 0 Å². The molecule has 0 atom stereocenters. The fourth-order valence-corrected chi connectivity index (χ4v) is 3.28. The van der Waals surface area contributed by atoms with Crippen molar-refractivity contribution in [1.82, 2.24) is 4.57 Å². The third-order valence-corrected chi connectivity index (χ3v) is 5.17. The molecule has 1 aromatic heterocycles. The van der Waals surface area contributed by atoms with Crippen molar-refractivity contribution in [3.05, 3.63) is 54.1 Å². The van der Waals surface area contributed by atoms with Crippen molar-refractivity contribution >= 4 is 28.2 Å². The molecule has 3 rings (SSSR count). The number of hydrogen-bond donors (Lipinski definition) is 2. The zero-order chi connectivity index (χ0) is 21.0. The third-order valence-electron chi connectivity index (χ3n) is 5.17. The highest BCUT2D eigenvalue weighted by atomic mass is 16.3. The number of azo groups is 1. The first-order valence-electron chi connectivity index (χ1n) is 9.83. The van der Waals surface area contributed by atoms with Crippen molar-refractivity contribution in [2.45, 2.75) is 20.5 Å². The molecule has 0 saturated heterocycles. The summed E-state index contributed by atoms with van der Waals surface area (Å²) in [4.78, 5) is 15.7. The molecular weight excluding hydrogens is 366 g/mol. The molecular formula is C22H28N5O2+. The monoisotopic (exact) mass is 394 g/mol. The first kappa shape index (κ1) is 20.5. The molecule has 0 bridgehead atoms. The highest BCUT2D eigenvalue weighted by molar-refractivity contribution is 5.97. The van der Waals surface area contributed by atoms with Gasteiger partial charge < -0.3 is 14.9 Å². The van der Waals surface area contributed by atoms with Crippen LogP contribution in [-0.2, 0) is 6.67 Å². The summed E-state index contributed by atoms with van der Waals surface area (Å²) in [7, 11) is 3.88. The number of carbonyl (C=O) groups excluding carboxylic acids is 1. The number of aromatic hydroxyl groups is 1. The number of benzene rings is 2. The zero-order valence-corrected chi connectivity index (χ0v) is 17.4. The van der Waals surface area contributed by atoms with Crippen molar-refractivity contribution in [3.8, 4) is 5.88 Å². The molecule has 0 spiro atoms. The summed E-state index contributed by atoms with van der Waals surface area (Å²) < 4.78 is 1.84. The summed E-state index contributed by atoms with van der Waals surface area (Å²) in [6, 6.07) is 14.8. The normalized spacial score (nSPS) is 11.6. The van der Waals surface area contributed by atoms with E-state index >= 15 is 0 Å². The molecule has 0 aliphatic heterocycles. The molecule has 0 fully saturated rings. The molecule has 7 heteroatoms. The topological polar surface area (TPSA) is 74.6 Å². The summed E-state index contributed by atoms with van der Waals surface area (Å²) in [6.45, 7) is 6.74. The average Bonchev–Trinajstić information content (AvgIpc) is 3.01. The van der Waals surface area contributed by atoms with Gasteiger partial charge in [0.15, 0.2) is 12.4 Å². The van der Waals surface area contributed by atoms with Crippen LogP contribution in [0.4, 0.5) is 11.4 Å². The Labute approximate surface area is 170 Å². The molecule has 1 amide bonds. The van der Waals surface area contributed by atoms with Gasteiger partial charge >= 0.3 is 0 Å². The van der Waals surface area contributed by atoms with Gasteiger partial charge in [0.25, 0.3) is 5.91 Å². The molecule has 2 aromatic carbocycles. The Morgan fingerprint density at radius 3 is 2.34 bits per heavy atom. The lowest BCUT2D eigenvalue weighted by molar-refractivity contribution is -0.919. The lowest BCUT2D eigenvalue weighted by Gasteiger charge is -2.17. The van der Waals surface area contributed by atoms with Crippen molar-refractivity contribution in [2.24, 2.45) is 10.2 Å². The van der Waals surface area contributed by atoms with Gasteiger partial charge in [-0.3, -0.25) is 9.36 Å². The van der Waals surface area contributed by atoms with E-state index in [-0.39, 0.29) is 5.88 Å². The average molecular weight is 394 g/mol. The van der Waals surface area contributed by atoms with Gasteiger partial charge in [-0.15, -0.1) is 10.2 Å². The molecule has 0 aliphatic carbocycles. The first-order valence-corrected chi connectivity index (χ1v) is 9.83. The van der Waals surface area contributed by atoms with E-state index in [1.807, 2.05) is 60.0 Å². The van der Waals surface area contributed by atoms with E-state index in [1.165, 1.54) is 4.90 Å². The number of rotatable bonds is 7. The minimum atomic E-state index is -0.444. The number of nitrogens with one attached hydrogen (secondary N) is 1. The first-order chi connectivity index (χ1) is 14.0. The fourth-order valence-electron chi connectivity index (χ4n) is 3.28. The largest absolute Gasteiger partial charge is 0.493 e. The molecule has 3 aromatic rings. The molecule has 2 N–H and O–H groups in total. The van der Waals surface area contributed by atoms with E-state index in [4.69, 9.17) is 0 Å². The summed E-state index contributed by atoms with van der Waals surface area (Å²) in [5.41, 5.74) is 2.65. The SMILES string of the molecule is CC[NH+](CC)Cn1c(O)c(N=NC(=O)c2ccc(N(C)C)cc2)c2ccccc21. The van der Waals surface area contributed by atoms with E-state index in [9.17, 15) is 9.90 Å². The second-order valence-corrected chi connectivity index (χ2v) is 7.18. The quantitative estimate of drug-likeness (QED) is 0.604. The van der Waals surface area contributed by atoms with Gasteiger partial charge in [-0.05, 0) is 44.2 Å². The minimum absolute atomic E-state index is 0.0325. The number of carbonyl (C=O) groups is 1. The summed E-state index contributed by atoms with van der Waals surface area (Å²) in [6.07, 6.45) is 0. The van der Waals surface area contributed by atoms with Gasteiger partial charge in [-0.1, -0.05) is 18.2 Å². The zero-order valence-electron chi connectivity index (χ0n) is 17.4. The number of amides is 1. The second kappa shape index (κ2) is 8.87. The predicted molar refractivity (Wildman–Crippen MR) is 115 cm³/mol. The van der Waals surface area contributed by atoms with Crippen molar-refractivity contribution in [3.63, 3.8) is 0 Å². The molecule has 29 heavy (non-hydrogen) atoms. The van der Waals surface area contributed by atoms with Crippen molar-refractivity contribution in [1.29, 1.82) is 0 Å². The Kier molecular flexibility index (Phi) is 6.29. The van der Waals surface area contributed by atoms with Crippen LogP contribution in [0.5, 0.6) is 5.88 Å². The fraction of sp³-hybridized carbons (Fsp3) is 0.318. The minimum Gasteiger partial charge on any atom is -0.493 e. The molecule has 7 nitrogen and oxygen atoms in total. The lowest BCUT2D eigenvalue weighted by Crippen LogP contribution is -3.10. The highest BCUT2D eigenvalue weighted by Crippen LogP contribution is 2.38. The van der Waals surface area contributed by atoms with Gasteiger partial charge in [-0.25, -0.2) is 0 Å². The Bertz CT molecular complexity index is 1020. The maximum atomic E-state index is 12.5. The van der Waals surface area contributed by atoms with Gasteiger partial charge in [-0.2, -0.15) is 0 Å². The predicted octanol–water partition coefficient (Wildman–Crippen LogP) is 3.22. The standard InChI is InChI=1S/C22H27N5O2/c1-5-26(6-2)15-27-19-10-8-7-9-18(19)20(22(27)29)23-24-21(28)16-11-13-17(14-12-16)25(3)4/h7-14,29H,5-6,15H2,1-4H3/p+1. The number of para-hydroxylation sites is 1. The van der Waals surface area contributed by atoms with Crippen LogP contribution in [-0.4, -0.2) is 42.8 Å². The van der Waals surface area contributed by atoms with Crippen LogP contribution >= 0.6 is 0 Å². The van der Waals surface area contributed by atoms with Gasteiger partial charge in [0.05, 0.1) is 18.6 Å². The summed E-state index contributed by atoms with van der Waals surface area (Å²) >= 11 is 0. The summed E-state index contributed by atoms with van der Waals surface area (Å²) in [5.74, 6) is -0.411. The number of hydrogen-bond acceptors (Lipinski definition) is 4. The summed E-state index contributed by atoms with van der Waals surface area (Å²) in [5, 5.41) is 19.6. The van der Waals surface area contributed by atoms with Crippen molar-refractivity contribution in [2.75, 3.05) is 32.1 Å². The molecule has 0 radical (unpaired) electrons. The molecule has 152 valence electrons. The number of quaternary nitrogens is 1.